The summed E-state index contributed by atoms with van der Waals surface area (Å²) >= 11 is 0. The molecule has 0 saturated carbocycles. The van der Waals surface area contributed by atoms with Crippen molar-refractivity contribution in [3.8, 4) is 0 Å². The summed E-state index contributed by atoms with van der Waals surface area (Å²) in [7, 11) is 0. The summed E-state index contributed by atoms with van der Waals surface area (Å²) in [6, 6.07) is 5.60. The third-order valence-electron chi connectivity index (χ3n) is 3.35. The molecular formula is C14H13NO3. The molecule has 0 bridgehead atoms. The van der Waals surface area contributed by atoms with Gasteiger partial charge in [0.05, 0.1) is 0 Å². The Kier molecular flexibility index (Phi) is 2.20. The highest BCUT2D eigenvalue weighted by molar-refractivity contribution is 5.96. The Balaban J connectivity index is 2.52. The quantitative estimate of drug-likeness (QED) is 0.486. The van der Waals surface area contributed by atoms with E-state index in [-0.39, 0.29) is 5.55 Å². The molecule has 1 aromatic carbocycles. The maximum Gasteiger partial charge on any atom is 0.255 e. The maximum absolute atomic E-state index is 8.79. The van der Waals surface area contributed by atoms with Crippen LogP contribution in [0.25, 0.3) is 21.9 Å². The van der Waals surface area contributed by atoms with Gasteiger partial charge in [0.25, 0.3) is 5.55 Å². The third-order valence-corrected chi connectivity index (χ3v) is 3.35. The Morgan fingerprint density at radius 2 is 1.67 bits per heavy atom. The molecule has 18 heavy (non-hydrogen) atoms. The molecule has 0 atom stereocenters. The van der Waals surface area contributed by atoms with Crippen LogP contribution in [-0.2, 0) is 0 Å². The van der Waals surface area contributed by atoms with Gasteiger partial charge < -0.3 is 14.0 Å². The van der Waals surface area contributed by atoms with Gasteiger partial charge in [0, 0.05) is 22.9 Å². The topological polar surface area (TPSA) is 58.9 Å². The Morgan fingerprint density at radius 3 is 2.39 bits per heavy atom. The van der Waals surface area contributed by atoms with E-state index in [1.165, 1.54) is 0 Å². The van der Waals surface area contributed by atoms with Gasteiger partial charge in [-0.25, -0.2) is 0 Å². The molecule has 0 radical (unpaired) electrons. The average molecular weight is 243 g/mol. The van der Waals surface area contributed by atoms with Crippen LogP contribution in [-0.4, -0.2) is 5.21 Å². The first-order valence-corrected chi connectivity index (χ1v) is 5.72. The maximum atomic E-state index is 8.79. The van der Waals surface area contributed by atoms with Crippen molar-refractivity contribution in [1.82, 2.24) is 0 Å². The second kappa shape index (κ2) is 3.63. The number of furan rings is 1. The second-order valence-corrected chi connectivity index (χ2v) is 4.50. The lowest BCUT2D eigenvalue weighted by Gasteiger charge is -2.01. The number of hydrogen-bond donors (Lipinski definition) is 1. The summed E-state index contributed by atoms with van der Waals surface area (Å²) < 4.78 is 11.1. The molecule has 4 nitrogen and oxygen atoms in total. The van der Waals surface area contributed by atoms with Crippen LogP contribution in [0, 0.1) is 20.8 Å². The van der Waals surface area contributed by atoms with Crippen LogP contribution >= 0.6 is 0 Å². The van der Waals surface area contributed by atoms with Gasteiger partial charge in [-0.1, -0.05) is 0 Å². The summed E-state index contributed by atoms with van der Waals surface area (Å²) in [6.45, 7) is 5.94. The lowest BCUT2D eigenvalue weighted by atomic mass is 10.1. The molecule has 3 rings (SSSR count). The Hall–Kier alpha value is -2.23. The molecule has 1 N–H and O–H groups in total. The van der Waals surface area contributed by atoms with Gasteiger partial charge >= 0.3 is 0 Å². The normalized spacial score (nSPS) is 12.7. The minimum atomic E-state index is 0.194. The van der Waals surface area contributed by atoms with Crippen LogP contribution in [0.15, 0.2) is 32.2 Å². The molecular weight excluding hydrogens is 230 g/mol. The number of nitrogens with zero attached hydrogens (tertiary/aromatic N) is 1. The number of hydrogen-bond acceptors (Lipinski definition) is 4. The van der Waals surface area contributed by atoms with Gasteiger partial charge in [-0.15, -0.1) is 0 Å². The summed E-state index contributed by atoms with van der Waals surface area (Å²) in [5.74, 6) is 0.907. The molecule has 0 aliphatic rings. The van der Waals surface area contributed by atoms with Crippen LogP contribution in [0.2, 0.25) is 0 Å². The first-order chi connectivity index (χ1) is 8.60. The van der Waals surface area contributed by atoms with Crippen molar-refractivity contribution in [3.63, 3.8) is 0 Å². The van der Waals surface area contributed by atoms with E-state index in [2.05, 4.69) is 11.2 Å². The SMILES string of the molecule is Cc1oc2cc3o/c(=N\O)cc(C)c3cc2c1C. The summed E-state index contributed by atoms with van der Waals surface area (Å²) in [4.78, 5) is 0. The van der Waals surface area contributed by atoms with E-state index in [0.717, 1.165) is 33.2 Å². The van der Waals surface area contributed by atoms with Gasteiger partial charge in [-0.05, 0) is 43.1 Å². The Morgan fingerprint density at radius 1 is 0.944 bits per heavy atom. The number of rotatable bonds is 0. The zero-order valence-electron chi connectivity index (χ0n) is 10.4. The van der Waals surface area contributed by atoms with Gasteiger partial charge in [0.15, 0.2) is 0 Å². The van der Waals surface area contributed by atoms with Gasteiger partial charge in [0.2, 0.25) is 0 Å². The minimum Gasteiger partial charge on any atom is -0.461 e. The van der Waals surface area contributed by atoms with Crippen molar-refractivity contribution >= 4 is 21.9 Å². The molecule has 0 fully saturated rings. The summed E-state index contributed by atoms with van der Waals surface area (Å²) in [5.41, 5.74) is 3.78. The van der Waals surface area contributed by atoms with Gasteiger partial charge in [-0.2, -0.15) is 0 Å². The molecule has 0 aliphatic heterocycles. The number of aryl methyl sites for hydroxylation is 3. The summed E-state index contributed by atoms with van der Waals surface area (Å²) in [6.07, 6.45) is 0. The van der Waals surface area contributed by atoms with Crippen LogP contribution < -0.4 is 5.55 Å². The van der Waals surface area contributed by atoms with E-state index >= 15 is 0 Å². The van der Waals surface area contributed by atoms with Gasteiger partial charge in [0.1, 0.15) is 16.9 Å². The fourth-order valence-corrected chi connectivity index (χ4v) is 2.22. The molecule has 4 heteroatoms. The molecule has 0 unspecified atom stereocenters. The molecule has 0 amide bonds. The lowest BCUT2D eigenvalue weighted by Crippen LogP contribution is -2.00. The zero-order valence-corrected chi connectivity index (χ0v) is 10.4. The van der Waals surface area contributed by atoms with Crippen LogP contribution in [0.4, 0.5) is 0 Å². The first kappa shape index (κ1) is 10.9. The van der Waals surface area contributed by atoms with Gasteiger partial charge in [-0.3, -0.25) is 0 Å². The monoisotopic (exact) mass is 243 g/mol. The van der Waals surface area contributed by atoms with E-state index < -0.39 is 0 Å². The van der Waals surface area contributed by atoms with E-state index in [1.807, 2.05) is 26.8 Å². The molecule has 3 aromatic rings. The molecule has 0 spiro atoms. The van der Waals surface area contributed by atoms with E-state index in [1.54, 1.807) is 6.07 Å². The third kappa shape index (κ3) is 1.42. The molecule has 2 heterocycles. The molecule has 2 aromatic heterocycles. The van der Waals surface area contributed by atoms with E-state index in [4.69, 9.17) is 14.0 Å². The van der Waals surface area contributed by atoms with Crippen LogP contribution in [0.1, 0.15) is 16.9 Å². The molecule has 0 saturated heterocycles. The highest BCUT2D eigenvalue weighted by Gasteiger charge is 2.10. The first-order valence-electron chi connectivity index (χ1n) is 5.72. The fraction of sp³-hybridized carbons (Fsp3) is 0.214. The van der Waals surface area contributed by atoms with Crippen molar-refractivity contribution < 1.29 is 14.0 Å². The predicted molar refractivity (Wildman–Crippen MR) is 67.5 cm³/mol. The fourth-order valence-electron chi connectivity index (χ4n) is 2.22. The largest absolute Gasteiger partial charge is 0.461 e. The Labute approximate surface area is 103 Å². The van der Waals surface area contributed by atoms with Crippen molar-refractivity contribution in [1.29, 1.82) is 0 Å². The van der Waals surface area contributed by atoms with Crippen molar-refractivity contribution in [2.45, 2.75) is 20.8 Å². The second-order valence-electron chi connectivity index (χ2n) is 4.50. The van der Waals surface area contributed by atoms with Crippen molar-refractivity contribution in [2.24, 2.45) is 5.16 Å². The van der Waals surface area contributed by atoms with E-state index in [0.29, 0.717) is 5.58 Å². The predicted octanol–water partition coefficient (Wildman–Crippen LogP) is 3.39. The smallest absolute Gasteiger partial charge is 0.255 e. The number of fused-ring (bicyclic) bond motifs is 2. The minimum absolute atomic E-state index is 0.194. The molecule has 92 valence electrons. The highest BCUT2D eigenvalue weighted by Crippen LogP contribution is 2.29. The average Bonchev–Trinajstić information content (AvgIpc) is 2.62. The van der Waals surface area contributed by atoms with Crippen LogP contribution in [0.5, 0.6) is 0 Å². The van der Waals surface area contributed by atoms with Crippen molar-refractivity contribution in [3.05, 3.63) is 40.6 Å². The Bertz CT molecular complexity index is 824. The van der Waals surface area contributed by atoms with E-state index in [9.17, 15) is 0 Å². The zero-order chi connectivity index (χ0) is 12.9. The van der Waals surface area contributed by atoms with Crippen LogP contribution in [0.3, 0.4) is 0 Å². The standard InChI is InChI=1S/C14H13NO3/c1-7-4-14(15-16)18-12-6-13-11(5-10(7)12)8(2)9(3)17-13/h4-6,16H,1-3H3/b15-14-. The highest BCUT2D eigenvalue weighted by atomic mass is 16.5. The summed E-state index contributed by atoms with van der Waals surface area (Å²) in [5, 5.41) is 14.0. The lowest BCUT2D eigenvalue weighted by molar-refractivity contribution is 0.277. The number of benzene rings is 1. The molecule has 0 aliphatic carbocycles. The van der Waals surface area contributed by atoms with Crippen molar-refractivity contribution in [2.75, 3.05) is 0 Å².